The van der Waals surface area contributed by atoms with Gasteiger partial charge in [0.1, 0.15) is 0 Å². The maximum absolute atomic E-state index is 11.7. The fourth-order valence-corrected chi connectivity index (χ4v) is 1.65. The molecule has 108 valence electrons. The molecule has 0 saturated carbocycles. The molecule has 0 aliphatic carbocycles. The van der Waals surface area contributed by atoms with Gasteiger partial charge in [0.25, 0.3) is 0 Å². The van der Waals surface area contributed by atoms with Crippen molar-refractivity contribution in [3.63, 3.8) is 0 Å². The molecular weight excluding hydrogens is 256 g/mol. The molecule has 0 saturated heterocycles. The molecule has 0 aliphatic heterocycles. The number of Topliss-reactive ketones (excluding diaryl/α,β-unsaturated/α-hetero) is 1. The van der Waals surface area contributed by atoms with Gasteiger partial charge in [-0.1, -0.05) is 30.3 Å². The number of allylic oxidation sites excluding steroid dienone is 2. The van der Waals surface area contributed by atoms with Crippen LogP contribution in [-0.2, 0) is 25.7 Å². The highest BCUT2D eigenvalue weighted by Crippen LogP contribution is 2.06. The van der Waals surface area contributed by atoms with Crippen molar-refractivity contribution in [1.29, 1.82) is 0 Å². The molecular formula is C16H20O4. The Morgan fingerprint density at radius 3 is 2.50 bits per heavy atom. The summed E-state index contributed by atoms with van der Waals surface area (Å²) in [5.74, 6) is -0.543. The van der Waals surface area contributed by atoms with Gasteiger partial charge in [-0.05, 0) is 25.0 Å². The molecule has 0 N–H and O–H groups in total. The Morgan fingerprint density at radius 1 is 1.20 bits per heavy atom. The lowest BCUT2D eigenvalue weighted by Crippen LogP contribution is -2.10. The number of ether oxygens (including phenoxy) is 2. The van der Waals surface area contributed by atoms with Crippen LogP contribution in [0.2, 0.25) is 0 Å². The second-order valence-corrected chi connectivity index (χ2v) is 4.31. The third-order valence-corrected chi connectivity index (χ3v) is 2.59. The molecule has 1 aromatic carbocycles. The minimum atomic E-state index is -0.480. The van der Waals surface area contributed by atoms with E-state index in [1.54, 1.807) is 6.92 Å². The summed E-state index contributed by atoms with van der Waals surface area (Å²) in [6.07, 6.45) is 2.42. The summed E-state index contributed by atoms with van der Waals surface area (Å²) in [7, 11) is 0. The first kappa shape index (κ1) is 16.1. The zero-order valence-corrected chi connectivity index (χ0v) is 11.9. The molecule has 0 aromatic heterocycles. The molecule has 20 heavy (non-hydrogen) atoms. The van der Waals surface area contributed by atoms with E-state index in [2.05, 4.69) is 0 Å². The van der Waals surface area contributed by atoms with Crippen molar-refractivity contribution in [2.45, 2.75) is 33.3 Å². The third-order valence-electron chi connectivity index (χ3n) is 2.59. The van der Waals surface area contributed by atoms with Crippen molar-refractivity contribution in [3.05, 3.63) is 47.7 Å². The average Bonchev–Trinajstić information content (AvgIpc) is 2.45. The predicted octanol–water partition coefficient (Wildman–Crippen LogP) is 3.02. The number of rotatable bonds is 8. The number of esters is 1. The van der Waals surface area contributed by atoms with Crippen LogP contribution in [0.1, 0.15) is 32.3 Å². The number of carbonyl (C=O) groups excluding carboxylic acids is 2. The van der Waals surface area contributed by atoms with Crippen LogP contribution in [0.4, 0.5) is 0 Å². The number of hydrogen-bond donors (Lipinski definition) is 0. The Hall–Kier alpha value is -1.94. The summed E-state index contributed by atoms with van der Waals surface area (Å²) in [6.45, 7) is 3.98. The van der Waals surface area contributed by atoms with Crippen molar-refractivity contribution in [1.82, 2.24) is 0 Å². The summed E-state index contributed by atoms with van der Waals surface area (Å²) in [4.78, 5) is 22.6. The van der Waals surface area contributed by atoms with Crippen LogP contribution in [0.15, 0.2) is 42.2 Å². The monoisotopic (exact) mass is 276 g/mol. The van der Waals surface area contributed by atoms with Crippen molar-refractivity contribution in [2.75, 3.05) is 6.61 Å². The number of ketones is 1. The van der Waals surface area contributed by atoms with E-state index in [0.717, 1.165) is 5.56 Å². The van der Waals surface area contributed by atoms with Gasteiger partial charge in [0, 0.05) is 20.0 Å². The van der Waals surface area contributed by atoms with E-state index >= 15 is 0 Å². The Balaban J connectivity index is 2.20. The van der Waals surface area contributed by atoms with Gasteiger partial charge in [-0.3, -0.25) is 9.59 Å². The molecule has 0 spiro atoms. The molecule has 0 bridgehead atoms. The predicted molar refractivity (Wildman–Crippen MR) is 75.9 cm³/mol. The molecule has 0 fully saturated rings. The van der Waals surface area contributed by atoms with Gasteiger partial charge in [0.15, 0.2) is 11.5 Å². The highest BCUT2D eigenvalue weighted by Gasteiger charge is 2.11. The molecule has 1 aromatic rings. The van der Waals surface area contributed by atoms with Gasteiger partial charge in [0.05, 0.1) is 6.61 Å². The third kappa shape index (κ3) is 6.29. The summed E-state index contributed by atoms with van der Waals surface area (Å²) >= 11 is 0. The number of carbonyl (C=O) groups is 2. The molecule has 0 atom stereocenters. The van der Waals surface area contributed by atoms with Gasteiger partial charge >= 0.3 is 5.97 Å². The highest BCUT2D eigenvalue weighted by molar-refractivity contribution is 5.95. The zero-order chi connectivity index (χ0) is 14.8. The largest absolute Gasteiger partial charge is 0.423 e. The Kier molecular flexibility index (Phi) is 7.29. The van der Waals surface area contributed by atoms with Crippen LogP contribution in [-0.4, -0.2) is 18.4 Å². The number of hydrogen-bond acceptors (Lipinski definition) is 4. The first-order valence-electron chi connectivity index (χ1n) is 6.63. The second-order valence-electron chi connectivity index (χ2n) is 4.31. The standard InChI is InChI=1S/C16H20O4/c1-3-16(20-13(2)17)15(18)10-7-11-19-12-14-8-5-4-6-9-14/h3-6,8-9H,7,10-12H2,1-2H3/b16-3-. The lowest BCUT2D eigenvalue weighted by molar-refractivity contribution is -0.140. The first-order valence-corrected chi connectivity index (χ1v) is 6.63. The SMILES string of the molecule is C/C=C(\OC(C)=O)C(=O)CCCOCc1ccccc1. The van der Waals surface area contributed by atoms with Crippen LogP contribution in [0.25, 0.3) is 0 Å². The van der Waals surface area contributed by atoms with E-state index in [0.29, 0.717) is 26.1 Å². The zero-order valence-electron chi connectivity index (χ0n) is 11.9. The lowest BCUT2D eigenvalue weighted by Gasteiger charge is -2.06. The minimum Gasteiger partial charge on any atom is -0.423 e. The number of benzene rings is 1. The van der Waals surface area contributed by atoms with Crippen molar-refractivity contribution in [2.24, 2.45) is 0 Å². The van der Waals surface area contributed by atoms with E-state index < -0.39 is 5.97 Å². The lowest BCUT2D eigenvalue weighted by atomic mass is 10.2. The molecule has 0 amide bonds. The maximum Gasteiger partial charge on any atom is 0.308 e. The van der Waals surface area contributed by atoms with Crippen LogP contribution < -0.4 is 0 Å². The molecule has 0 radical (unpaired) electrons. The summed E-state index contributed by atoms with van der Waals surface area (Å²) < 4.78 is 10.3. The van der Waals surface area contributed by atoms with Gasteiger partial charge in [0.2, 0.25) is 0 Å². The van der Waals surface area contributed by atoms with Gasteiger partial charge in [-0.15, -0.1) is 0 Å². The van der Waals surface area contributed by atoms with E-state index in [-0.39, 0.29) is 11.5 Å². The minimum absolute atomic E-state index is 0.112. The second kappa shape index (κ2) is 9.04. The maximum atomic E-state index is 11.7. The molecule has 1 rings (SSSR count). The van der Waals surface area contributed by atoms with Crippen LogP contribution in [0.5, 0.6) is 0 Å². The fraction of sp³-hybridized carbons (Fsp3) is 0.375. The first-order chi connectivity index (χ1) is 9.63. The van der Waals surface area contributed by atoms with Gasteiger partial charge in [-0.2, -0.15) is 0 Å². The fourth-order valence-electron chi connectivity index (χ4n) is 1.65. The smallest absolute Gasteiger partial charge is 0.308 e. The summed E-state index contributed by atoms with van der Waals surface area (Å²) in [5, 5.41) is 0. The summed E-state index contributed by atoms with van der Waals surface area (Å²) in [6, 6.07) is 9.85. The summed E-state index contributed by atoms with van der Waals surface area (Å²) in [5.41, 5.74) is 1.10. The van der Waals surface area contributed by atoms with E-state index in [9.17, 15) is 9.59 Å². The van der Waals surface area contributed by atoms with Crippen LogP contribution in [0, 0.1) is 0 Å². The Bertz CT molecular complexity index is 463. The molecule has 4 nitrogen and oxygen atoms in total. The molecule has 0 heterocycles. The topological polar surface area (TPSA) is 52.6 Å². The van der Waals surface area contributed by atoms with Crippen LogP contribution in [0.3, 0.4) is 0 Å². The Morgan fingerprint density at radius 2 is 1.90 bits per heavy atom. The average molecular weight is 276 g/mol. The highest BCUT2D eigenvalue weighted by atomic mass is 16.5. The quantitative estimate of drug-likeness (QED) is 0.317. The van der Waals surface area contributed by atoms with E-state index in [1.807, 2.05) is 30.3 Å². The van der Waals surface area contributed by atoms with Gasteiger partial charge < -0.3 is 9.47 Å². The Labute approximate surface area is 119 Å². The molecule has 0 unspecified atom stereocenters. The molecule has 0 aliphatic rings. The normalized spacial score (nSPS) is 11.2. The molecule has 4 heteroatoms. The van der Waals surface area contributed by atoms with E-state index in [4.69, 9.17) is 9.47 Å². The van der Waals surface area contributed by atoms with Crippen LogP contribution >= 0.6 is 0 Å². The van der Waals surface area contributed by atoms with Crippen molar-refractivity contribution >= 4 is 11.8 Å². The van der Waals surface area contributed by atoms with Crippen molar-refractivity contribution < 1.29 is 19.1 Å². The van der Waals surface area contributed by atoms with Crippen molar-refractivity contribution in [3.8, 4) is 0 Å². The van der Waals surface area contributed by atoms with Gasteiger partial charge in [-0.25, -0.2) is 0 Å². The van der Waals surface area contributed by atoms with E-state index in [1.165, 1.54) is 13.0 Å².